The second-order valence-electron chi connectivity index (χ2n) is 7.01. The highest BCUT2D eigenvalue weighted by molar-refractivity contribution is 5.98. The Balaban J connectivity index is 2.24. The third-order valence-electron chi connectivity index (χ3n) is 4.52. The molecule has 2 amide bonds. The molecule has 2 rings (SSSR count). The Labute approximate surface area is 156 Å². The van der Waals surface area contributed by atoms with E-state index in [4.69, 9.17) is 0 Å². The molecule has 0 unspecified atom stereocenters. The van der Waals surface area contributed by atoms with E-state index in [1.165, 1.54) is 6.92 Å². The molecule has 0 bridgehead atoms. The Morgan fingerprint density at radius 3 is 2.23 bits per heavy atom. The number of anilines is 1. The molecule has 138 valence electrons. The average molecular weight is 352 g/mol. The zero-order chi connectivity index (χ0) is 19.3. The summed E-state index contributed by atoms with van der Waals surface area (Å²) in [6.45, 7) is 8.26. The standard InChI is InChI=1S/C22H28N2O2/c1-16(2)20-13-9-10-17(3)22(20)24(18(4)25)15-21(26)23(5)14-19-11-7-6-8-12-19/h6-13,16H,14-15H2,1-5H3. The lowest BCUT2D eigenvalue weighted by atomic mass is 9.97. The molecule has 0 aliphatic rings. The van der Waals surface area contributed by atoms with Crippen LogP contribution in [0.5, 0.6) is 0 Å². The quantitative estimate of drug-likeness (QED) is 0.784. The molecule has 26 heavy (non-hydrogen) atoms. The van der Waals surface area contributed by atoms with Gasteiger partial charge in [-0.2, -0.15) is 0 Å². The maximum absolute atomic E-state index is 12.8. The Bertz CT molecular complexity index is 769. The first kappa shape index (κ1) is 19.7. The zero-order valence-electron chi connectivity index (χ0n) is 16.3. The Morgan fingerprint density at radius 1 is 1.00 bits per heavy atom. The fourth-order valence-corrected chi connectivity index (χ4v) is 3.07. The van der Waals surface area contributed by atoms with Gasteiger partial charge in [0.1, 0.15) is 6.54 Å². The van der Waals surface area contributed by atoms with Crippen LogP contribution in [0.4, 0.5) is 5.69 Å². The summed E-state index contributed by atoms with van der Waals surface area (Å²) in [6.07, 6.45) is 0. The number of carbonyl (C=O) groups is 2. The van der Waals surface area contributed by atoms with Gasteiger partial charge in [-0.1, -0.05) is 62.4 Å². The number of carbonyl (C=O) groups excluding carboxylic acids is 2. The summed E-state index contributed by atoms with van der Waals surface area (Å²) in [6, 6.07) is 15.9. The van der Waals surface area contributed by atoms with Crippen molar-refractivity contribution in [1.82, 2.24) is 4.90 Å². The number of amides is 2. The van der Waals surface area contributed by atoms with E-state index in [9.17, 15) is 9.59 Å². The number of rotatable bonds is 6. The van der Waals surface area contributed by atoms with Gasteiger partial charge >= 0.3 is 0 Å². The number of para-hydroxylation sites is 1. The lowest BCUT2D eigenvalue weighted by molar-refractivity contribution is -0.130. The first-order chi connectivity index (χ1) is 12.3. The average Bonchev–Trinajstić information content (AvgIpc) is 2.60. The molecule has 0 aliphatic carbocycles. The van der Waals surface area contributed by atoms with E-state index in [0.29, 0.717) is 6.54 Å². The maximum Gasteiger partial charge on any atom is 0.242 e. The molecule has 4 nitrogen and oxygen atoms in total. The predicted molar refractivity (Wildman–Crippen MR) is 106 cm³/mol. The van der Waals surface area contributed by atoms with E-state index in [2.05, 4.69) is 13.8 Å². The number of aryl methyl sites for hydroxylation is 1. The molecule has 0 heterocycles. The molecule has 0 aliphatic heterocycles. The van der Waals surface area contributed by atoms with E-state index in [1.807, 2.05) is 55.5 Å². The first-order valence-electron chi connectivity index (χ1n) is 8.96. The first-order valence-corrected chi connectivity index (χ1v) is 8.96. The van der Waals surface area contributed by atoms with Gasteiger partial charge in [0.15, 0.2) is 0 Å². The van der Waals surface area contributed by atoms with Crippen molar-refractivity contribution >= 4 is 17.5 Å². The van der Waals surface area contributed by atoms with Crippen molar-refractivity contribution in [2.45, 2.75) is 40.2 Å². The van der Waals surface area contributed by atoms with E-state index < -0.39 is 0 Å². The van der Waals surface area contributed by atoms with Gasteiger partial charge in [-0.15, -0.1) is 0 Å². The molecule has 2 aromatic carbocycles. The summed E-state index contributed by atoms with van der Waals surface area (Å²) in [7, 11) is 1.77. The molecule has 0 saturated heterocycles. The predicted octanol–water partition coefficient (Wildman–Crippen LogP) is 4.13. The molecule has 0 N–H and O–H groups in total. The number of hydrogen-bond acceptors (Lipinski definition) is 2. The minimum atomic E-state index is -0.123. The maximum atomic E-state index is 12.8. The van der Waals surface area contributed by atoms with Crippen LogP contribution in [0.15, 0.2) is 48.5 Å². The third kappa shape index (κ3) is 4.72. The van der Waals surface area contributed by atoms with Crippen molar-refractivity contribution in [3.05, 3.63) is 65.2 Å². The number of hydrogen-bond donors (Lipinski definition) is 0. The number of likely N-dealkylation sites (N-methyl/N-ethyl adjacent to an activating group) is 1. The summed E-state index contributed by atoms with van der Waals surface area (Å²) in [5.41, 5.74) is 4.01. The van der Waals surface area contributed by atoms with Gasteiger partial charge in [-0.3, -0.25) is 9.59 Å². The second-order valence-corrected chi connectivity index (χ2v) is 7.01. The fraction of sp³-hybridized carbons (Fsp3) is 0.364. The summed E-state index contributed by atoms with van der Waals surface area (Å²) in [4.78, 5) is 28.4. The van der Waals surface area contributed by atoms with Crippen LogP contribution in [0.2, 0.25) is 0 Å². The van der Waals surface area contributed by atoms with Crippen LogP contribution in [0, 0.1) is 6.92 Å². The lowest BCUT2D eigenvalue weighted by Gasteiger charge is -2.28. The van der Waals surface area contributed by atoms with Gasteiger partial charge < -0.3 is 9.80 Å². The molecule has 0 atom stereocenters. The van der Waals surface area contributed by atoms with Crippen molar-refractivity contribution in [3.8, 4) is 0 Å². The summed E-state index contributed by atoms with van der Waals surface area (Å²) in [5.74, 6) is 0.0635. The lowest BCUT2D eigenvalue weighted by Crippen LogP contribution is -2.41. The summed E-state index contributed by atoms with van der Waals surface area (Å²) in [5, 5.41) is 0. The highest BCUT2D eigenvalue weighted by Crippen LogP contribution is 2.31. The normalized spacial score (nSPS) is 10.7. The second kappa shape index (κ2) is 8.65. The van der Waals surface area contributed by atoms with Crippen molar-refractivity contribution in [2.24, 2.45) is 0 Å². The van der Waals surface area contributed by atoms with Gasteiger partial charge in [-0.05, 0) is 29.5 Å². The molecular weight excluding hydrogens is 324 g/mol. The summed E-state index contributed by atoms with van der Waals surface area (Å²) >= 11 is 0. The fourth-order valence-electron chi connectivity index (χ4n) is 3.07. The topological polar surface area (TPSA) is 40.6 Å². The minimum absolute atomic E-state index is 0.0449. The molecule has 0 spiro atoms. The summed E-state index contributed by atoms with van der Waals surface area (Å²) < 4.78 is 0. The third-order valence-corrected chi connectivity index (χ3v) is 4.52. The Morgan fingerprint density at radius 2 is 1.65 bits per heavy atom. The molecule has 0 fully saturated rings. The molecule has 4 heteroatoms. The highest BCUT2D eigenvalue weighted by Gasteiger charge is 2.23. The van der Waals surface area contributed by atoms with Crippen molar-refractivity contribution in [3.63, 3.8) is 0 Å². The SMILES string of the molecule is CC(=O)N(CC(=O)N(C)Cc1ccccc1)c1c(C)cccc1C(C)C. The van der Waals surface area contributed by atoms with Crippen LogP contribution in [-0.2, 0) is 16.1 Å². The van der Waals surface area contributed by atoms with Crippen molar-refractivity contribution in [1.29, 1.82) is 0 Å². The van der Waals surface area contributed by atoms with Gasteiger partial charge in [0.2, 0.25) is 11.8 Å². The molecule has 2 aromatic rings. The van der Waals surface area contributed by atoms with Crippen LogP contribution in [-0.4, -0.2) is 30.3 Å². The van der Waals surface area contributed by atoms with E-state index >= 15 is 0 Å². The van der Waals surface area contributed by atoms with Gasteiger partial charge in [0, 0.05) is 20.5 Å². The van der Waals surface area contributed by atoms with E-state index in [1.54, 1.807) is 16.8 Å². The highest BCUT2D eigenvalue weighted by atomic mass is 16.2. The molecule has 0 radical (unpaired) electrons. The zero-order valence-corrected chi connectivity index (χ0v) is 16.3. The van der Waals surface area contributed by atoms with Crippen molar-refractivity contribution in [2.75, 3.05) is 18.5 Å². The van der Waals surface area contributed by atoms with Crippen LogP contribution in [0.1, 0.15) is 43.4 Å². The van der Waals surface area contributed by atoms with Crippen LogP contribution >= 0.6 is 0 Å². The van der Waals surface area contributed by atoms with Gasteiger partial charge in [0.05, 0.1) is 5.69 Å². The Kier molecular flexibility index (Phi) is 6.56. The van der Waals surface area contributed by atoms with Crippen LogP contribution < -0.4 is 4.90 Å². The van der Waals surface area contributed by atoms with Gasteiger partial charge in [0.25, 0.3) is 0 Å². The Hall–Kier alpha value is -2.62. The van der Waals surface area contributed by atoms with Crippen LogP contribution in [0.25, 0.3) is 0 Å². The molecule has 0 saturated carbocycles. The smallest absolute Gasteiger partial charge is 0.242 e. The molecule has 0 aromatic heterocycles. The van der Waals surface area contributed by atoms with Crippen molar-refractivity contribution < 1.29 is 9.59 Å². The number of nitrogens with zero attached hydrogens (tertiary/aromatic N) is 2. The van der Waals surface area contributed by atoms with E-state index in [-0.39, 0.29) is 24.3 Å². The van der Waals surface area contributed by atoms with E-state index in [0.717, 1.165) is 22.4 Å². The largest absolute Gasteiger partial charge is 0.340 e. The minimum Gasteiger partial charge on any atom is -0.340 e. The molecular formula is C22H28N2O2. The number of benzene rings is 2. The van der Waals surface area contributed by atoms with Crippen LogP contribution in [0.3, 0.4) is 0 Å². The van der Waals surface area contributed by atoms with Gasteiger partial charge in [-0.25, -0.2) is 0 Å². The monoisotopic (exact) mass is 352 g/mol.